The lowest BCUT2D eigenvalue weighted by atomic mass is 10.2. The van der Waals surface area contributed by atoms with Crippen LogP contribution in [0.1, 0.15) is 21.7 Å². The molecule has 0 fully saturated rings. The van der Waals surface area contributed by atoms with Gasteiger partial charge in [0, 0.05) is 13.1 Å². The van der Waals surface area contributed by atoms with Gasteiger partial charge in [0.15, 0.2) is 0 Å². The average molecular weight is 256 g/mol. The first-order valence-electron chi connectivity index (χ1n) is 6.08. The molecule has 0 aliphatic heterocycles. The second kappa shape index (κ2) is 6.66. The van der Waals surface area contributed by atoms with Crippen molar-refractivity contribution in [2.45, 2.75) is 13.1 Å². The lowest BCUT2D eigenvalue weighted by Gasteiger charge is -2.05. The lowest BCUT2D eigenvalue weighted by Crippen LogP contribution is -2.15. The summed E-state index contributed by atoms with van der Waals surface area (Å²) in [6.07, 6.45) is 0. The second-order valence-electron chi connectivity index (χ2n) is 4.09. The number of rotatable bonds is 5. The van der Waals surface area contributed by atoms with Crippen LogP contribution in [0.4, 0.5) is 0 Å². The molecule has 4 nitrogen and oxygen atoms in total. The topological polar surface area (TPSA) is 51.2 Å². The highest BCUT2D eigenvalue weighted by Gasteiger charge is 2.06. The standard InChI is InChI=1S/C15H16N2O2/c1-19-15(18)14-9-5-8-13(17-14)11-16-10-12-6-3-2-4-7-12/h2-9,16H,10-11H2,1H3. The summed E-state index contributed by atoms with van der Waals surface area (Å²) >= 11 is 0. The van der Waals surface area contributed by atoms with Crippen molar-refractivity contribution in [3.8, 4) is 0 Å². The smallest absolute Gasteiger partial charge is 0.356 e. The van der Waals surface area contributed by atoms with Gasteiger partial charge in [0.2, 0.25) is 0 Å². The van der Waals surface area contributed by atoms with E-state index in [0.29, 0.717) is 12.2 Å². The first-order valence-corrected chi connectivity index (χ1v) is 6.08. The number of benzene rings is 1. The highest BCUT2D eigenvalue weighted by Crippen LogP contribution is 2.02. The van der Waals surface area contributed by atoms with E-state index in [0.717, 1.165) is 12.2 Å². The van der Waals surface area contributed by atoms with Crippen LogP contribution in [0.2, 0.25) is 0 Å². The number of hydrogen-bond acceptors (Lipinski definition) is 4. The van der Waals surface area contributed by atoms with E-state index < -0.39 is 5.97 Å². The van der Waals surface area contributed by atoms with Gasteiger partial charge in [-0.2, -0.15) is 0 Å². The summed E-state index contributed by atoms with van der Waals surface area (Å²) in [5.74, 6) is -0.412. The number of nitrogens with zero attached hydrogens (tertiary/aromatic N) is 1. The van der Waals surface area contributed by atoms with Gasteiger partial charge in [-0.25, -0.2) is 9.78 Å². The number of ether oxygens (including phenoxy) is 1. The average Bonchev–Trinajstić information content (AvgIpc) is 2.48. The molecule has 1 N–H and O–H groups in total. The van der Waals surface area contributed by atoms with Crippen molar-refractivity contribution < 1.29 is 9.53 Å². The molecule has 2 aromatic rings. The van der Waals surface area contributed by atoms with Gasteiger partial charge < -0.3 is 10.1 Å². The fourth-order valence-corrected chi connectivity index (χ4v) is 1.73. The fraction of sp³-hybridized carbons (Fsp3) is 0.200. The summed E-state index contributed by atoms with van der Waals surface area (Å²) in [6.45, 7) is 1.38. The minimum atomic E-state index is -0.412. The molecule has 0 bridgehead atoms. The molecule has 4 heteroatoms. The summed E-state index contributed by atoms with van der Waals surface area (Å²) in [5.41, 5.74) is 2.37. The third-order valence-corrected chi connectivity index (χ3v) is 2.68. The highest BCUT2D eigenvalue weighted by atomic mass is 16.5. The summed E-state index contributed by atoms with van der Waals surface area (Å²) in [6, 6.07) is 15.5. The van der Waals surface area contributed by atoms with Crippen molar-refractivity contribution >= 4 is 5.97 Å². The lowest BCUT2D eigenvalue weighted by molar-refractivity contribution is 0.0593. The van der Waals surface area contributed by atoms with Crippen molar-refractivity contribution in [3.05, 3.63) is 65.5 Å². The molecular weight excluding hydrogens is 240 g/mol. The van der Waals surface area contributed by atoms with Crippen LogP contribution in [0.5, 0.6) is 0 Å². The van der Waals surface area contributed by atoms with Crippen LogP contribution in [0.3, 0.4) is 0 Å². The Morgan fingerprint density at radius 1 is 1.11 bits per heavy atom. The monoisotopic (exact) mass is 256 g/mol. The van der Waals surface area contributed by atoms with E-state index in [1.165, 1.54) is 12.7 Å². The number of pyridine rings is 1. The van der Waals surface area contributed by atoms with E-state index in [2.05, 4.69) is 27.2 Å². The molecule has 0 aliphatic carbocycles. The number of hydrogen-bond donors (Lipinski definition) is 1. The zero-order valence-electron chi connectivity index (χ0n) is 10.8. The second-order valence-corrected chi connectivity index (χ2v) is 4.09. The van der Waals surface area contributed by atoms with E-state index in [4.69, 9.17) is 0 Å². The van der Waals surface area contributed by atoms with E-state index in [1.54, 1.807) is 12.1 Å². The van der Waals surface area contributed by atoms with Crippen LogP contribution >= 0.6 is 0 Å². The fourth-order valence-electron chi connectivity index (χ4n) is 1.73. The van der Waals surface area contributed by atoms with Crippen LogP contribution in [-0.4, -0.2) is 18.1 Å². The molecule has 1 aromatic carbocycles. The quantitative estimate of drug-likeness (QED) is 0.833. The Morgan fingerprint density at radius 3 is 2.63 bits per heavy atom. The van der Waals surface area contributed by atoms with Gasteiger partial charge in [0.1, 0.15) is 5.69 Å². The van der Waals surface area contributed by atoms with Gasteiger partial charge in [0.05, 0.1) is 12.8 Å². The van der Waals surface area contributed by atoms with Crippen LogP contribution < -0.4 is 5.32 Å². The minimum absolute atomic E-state index is 0.335. The minimum Gasteiger partial charge on any atom is -0.464 e. The molecule has 98 valence electrons. The molecule has 1 heterocycles. The van der Waals surface area contributed by atoms with Gasteiger partial charge in [-0.05, 0) is 17.7 Å². The van der Waals surface area contributed by atoms with E-state index in [-0.39, 0.29) is 0 Å². The molecule has 0 unspecified atom stereocenters. The largest absolute Gasteiger partial charge is 0.464 e. The maximum atomic E-state index is 11.4. The van der Waals surface area contributed by atoms with Crippen molar-refractivity contribution in [1.82, 2.24) is 10.3 Å². The van der Waals surface area contributed by atoms with Crippen molar-refractivity contribution in [2.24, 2.45) is 0 Å². The summed E-state index contributed by atoms with van der Waals surface area (Å²) in [7, 11) is 1.35. The predicted molar refractivity (Wildman–Crippen MR) is 72.6 cm³/mol. The van der Waals surface area contributed by atoms with Crippen molar-refractivity contribution in [2.75, 3.05) is 7.11 Å². The number of carbonyl (C=O) groups is 1. The molecule has 1 aromatic heterocycles. The molecule has 19 heavy (non-hydrogen) atoms. The molecule has 0 atom stereocenters. The Kier molecular flexibility index (Phi) is 4.64. The Morgan fingerprint density at radius 2 is 1.89 bits per heavy atom. The molecule has 0 saturated heterocycles. The van der Waals surface area contributed by atoms with Gasteiger partial charge >= 0.3 is 5.97 Å². The molecular formula is C15H16N2O2. The van der Waals surface area contributed by atoms with E-state index >= 15 is 0 Å². The molecule has 0 saturated carbocycles. The normalized spacial score (nSPS) is 10.2. The Bertz CT molecular complexity index is 541. The summed E-state index contributed by atoms with van der Waals surface area (Å²) < 4.78 is 4.64. The number of nitrogens with one attached hydrogen (secondary N) is 1. The number of carbonyl (C=O) groups excluding carboxylic acids is 1. The summed E-state index contributed by atoms with van der Waals surface area (Å²) in [4.78, 5) is 15.6. The van der Waals surface area contributed by atoms with Crippen LogP contribution in [0, 0.1) is 0 Å². The van der Waals surface area contributed by atoms with Crippen molar-refractivity contribution in [3.63, 3.8) is 0 Å². The number of aromatic nitrogens is 1. The summed E-state index contributed by atoms with van der Waals surface area (Å²) in [5, 5.41) is 3.29. The maximum Gasteiger partial charge on any atom is 0.356 e. The molecule has 0 amide bonds. The first kappa shape index (κ1) is 13.2. The van der Waals surface area contributed by atoms with Gasteiger partial charge in [-0.3, -0.25) is 0 Å². The van der Waals surface area contributed by atoms with E-state index in [9.17, 15) is 4.79 Å². The Hall–Kier alpha value is -2.20. The maximum absolute atomic E-state index is 11.4. The first-order chi connectivity index (χ1) is 9.29. The van der Waals surface area contributed by atoms with Gasteiger partial charge in [0.25, 0.3) is 0 Å². The van der Waals surface area contributed by atoms with Crippen molar-refractivity contribution in [1.29, 1.82) is 0 Å². The predicted octanol–water partition coefficient (Wildman–Crippen LogP) is 2.16. The van der Waals surface area contributed by atoms with Gasteiger partial charge in [-0.15, -0.1) is 0 Å². The molecule has 0 radical (unpaired) electrons. The van der Waals surface area contributed by atoms with Gasteiger partial charge in [-0.1, -0.05) is 36.4 Å². The molecule has 2 rings (SSSR count). The molecule has 0 spiro atoms. The number of methoxy groups -OCH3 is 1. The third-order valence-electron chi connectivity index (χ3n) is 2.68. The number of esters is 1. The highest BCUT2D eigenvalue weighted by molar-refractivity contribution is 5.87. The SMILES string of the molecule is COC(=O)c1cccc(CNCc2ccccc2)n1. The zero-order valence-corrected chi connectivity index (χ0v) is 10.8. The Balaban J connectivity index is 1.91. The van der Waals surface area contributed by atoms with E-state index in [1.807, 2.05) is 24.3 Å². The third kappa shape index (κ3) is 3.89. The molecule has 0 aliphatic rings. The van der Waals surface area contributed by atoms with Crippen LogP contribution in [0.25, 0.3) is 0 Å². The van der Waals surface area contributed by atoms with Crippen LogP contribution in [-0.2, 0) is 17.8 Å². The van der Waals surface area contributed by atoms with Crippen LogP contribution in [0.15, 0.2) is 48.5 Å². The zero-order chi connectivity index (χ0) is 13.5. The Labute approximate surface area is 112 Å².